The molecule has 1 fully saturated rings. The van der Waals surface area contributed by atoms with E-state index in [1.807, 2.05) is 7.05 Å². The lowest BCUT2D eigenvalue weighted by molar-refractivity contribution is -0.119. The number of likely N-dealkylation sites (N-methyl/N-ethyl adjacent to an activating group) is 1. The second kappa shape index (κ2) is 10.4. The zero-order valence-corrected chi connectivity index (χ0v) is 19.8. The van der Waals surface area contributed by atoms with E-state index in [0.717, 1.165) is 0 Å². The van der Waals surface area contributed by atoms with Crippen LogP contribution in [0.1, 0.15) is 10.4 Å². The van der Waals surface area contributed by atoms with Gasteiger partial charge in [-0.2, -0.15) is 4.31 Å². The number of primary amides is 1. The maximum Gasteiger partial charge on any atom is 0.255 e. The molecule has 2 aromatic carbocycles. The van der Waals surface area contributed by atoms with Gasteiger partial charge in [0.05, 0.1) is 17.0 Å². The molecule has 178 valence electrons. The predicted molar refractivity (Wildman–Crippen MR) is 123 cm³/mol. The molecule has 0 radical (unpaired) electrons. The van der Waals surface area contributed by atoms with Gasteiger partial charge in [-0.25, -0.2) is 8.42 Å². The molecule has 1 saturated heterocycles. The summed E-state index contributed by atoms with van der Waals surface area (Å²) < 4.78 is 37.9. The number of amides is 2. The van der Waals surface area contributed by atoms with Crippen LogP contribution in [0.2, 0.25) is 5.02 Å². The van der Waals surface area contributed by atoms with Crippen LogP contribution >= 0.6 is 11.6 Å². The monoisotopic (exact) mass is 496 g/mol. The van der Waals surface area contributed by atoms with Crippen LogP contribution in [-0.2, 0) is 14.8 Å². The van der Waals surface area contributed by atoms with Crippen LogP contribution in [0, 0.1) is 0 Å². The van der Waals surface area contributed by atoms with Crippen LogP contribution in [-0.4, -0.2) is 76.4 Å². The fraction of sp³-hybridized carbons (Fsp3) is 0.333. The summed E-state index contributed by atoms with van der Waals surface area (Å²) in [5.74, 6) is -1.01. The number of carbonyl (C=O) groups is 2. The molecule has 1 heterocycles. The van der Waals surface area contributed by atoms with Crippen LogP contribution < -0.4 is 20.5 Å². The highest BCUT2D eigenvalue weighted by Gasteiger charge is 2.27. The number of nitrogens with two attached hydrogens (primary N) is 1. The molecule has 12 heteroatoms. The van der Waals surface area contributed by atoms with Crippen molar-refractivity contribution in [2.24, 2.45) is 5.73 Å². The minimum atomic E-state index is -3.68. The number of carbonyl (C=O) groups excluding carboxylic acids is 2. The quantitative estimate of drug-likeness (QED) is 0.564. The molecule has 0 saturated carbocycles. The number of ether oxygens (including phenoxy) is 2. The minimum Gasteiger partial charge on any atom is -0.493 e. The van der Waals surface area contributed by atoms with Gasteiger partial charge in [0.25, 0.3) is 11.8 Å². The van der Waals surface area contributed by atoms with E-state index >= 15 is 0 Å². The number of nitrogens with zero attached hydrogens (tertiary/aromatic N) is 2. The minimum absolute atomic E-state index is 0.0483. The molecule has 10 nitrogen and oxygen atoms in total. The first kappa shape index (κ1) is 24.8. The Bertz CT molecular complexity index is 1150. The van der Waals surface area contributed by atoms with Crippen molar-refractivity contribution in [1.29, 1.82) is 0 Å². The number of halogens is 1. The highest BCUT2D eigenvalue weighted by molar-refractivity contribution is 7.89. The number of hydrogen-bond acceptors (Lipinski definition) is 7. The second-order valence-electron chi connectivity index (χ2n) is 7.43. The van der Waals surface area contributed by atoms with E-state index in [4.69, 9.17) is 26.8 Å². The maximum atomic E-state index is 13.0. The van der Waals surface area contributed by atoms with Gasteiger partial charge in [-0.3, -0.25) is 9.59 Å². The topological polar surface area (TPSA) is 131 Å². The van der Waals surface area contributed by atoms with E-state index in [-0.39, 0.29) is 27.0 Å². The lowest BCUT2D eigenvalue weighted by Crippen LogP contribution is -2.47. The molecule has 2 aromatic rings. The first-order chi connectivity index (χ1) is 15.6. The van der Waals surface area contributed by atoms with E-state index in [0.29, 0.717) is 31.9 Å². The van der Waals surface area contributed by atoms with Crippen LogP contribution in [0.3, 0.4) is 0 Å². The molecule has 3 N–H and O–H groups in total. The van der Waals surface area contributed by atoms with Gasteiger partial charge in [-0.15, -0.1) is 0 Å². The van der Waals surface area contributed by atoms with Crippen molar-refractivity contribution in [2.45, 2.75) is 4.90 Å². The zero-order valence-electron chi connectivity index (χ0n) is 18.2. The molecule has 0 unspecified atom stereocenters. The van der Waals surface area contributed by atoms with E-state index in [1.54, 1.807) is 12.1 Å². The lowest BCUT2D eigenvalue weighted by Gasteiger charge is -2.31. The van der Waals surface area contributed by atoms with Crippen molar-refractivity contribution < 1.29 is 27.5 Å². The summed E-state index contributed by atoms with van der Waals surface area (Å²) in [6.07, 6.45) is 0. The Morgan fingerprint density at radius 2 is 1.85 bits per heavy atom. The molecule has 0 spiro atoms. The molecule has 1 aliphatic heterocycles. The lowest BCUT2D eigenvalue weighted by atomic mass is 10.1. The highest BCUT2D eigenvalue weighted by Crippen LogP contribution is 2.36. The van der Waals surface area contributed by atoms with Crippen molar-refractivity contribution in [2.75, 3.05) is 52.3 Å². The molecule has 3 rings (SSSR count). The van der Waals surface area contributed by atoms with E-state index in [1.165, 1.54) is 35.7 Å². The van der Waals surface area contributed by atoms with Crippen molar-refractivity contribution in [3.05, 3.63) is 47.0 Å². The van der Waals surface area contributed by atoms with Gasteiger partial charge in [-0.1, -0.05) is 17.7 Å². The number of sulfonamides is 1. The Kier molecular flexibility index (Phi) is 7.80. The third-order valence-corrected chi connectivity index (χ3v) is 7.22. The maximum absolute atomic E-state index is 13.0. The Balaban J connectivity index is 1.79. The number of nitrogens with one attached hydrogen (secondary N) is 1. The third-order valence-electron chi connectivity index (χ3n) is 5.04. The van der Waals surface area contributed by atoms with Crippen molar-refractivity contribution >= 4 is 39.1 Å². The molecule has 0 bridgehead atoms. The Hall–Kier alpha value is -2.86. The Morgan fingerprint density at radius 3 is 2.48 bits per heavy atom. The molecular formula is C21H25ClN4O6S. The van der Waals surface area contributed by atoms with Crippen LogP contribution in [0.5, 0.6) is 11.5 Å². The molecule has 33 heavy (non-hydrogen) atoms. The summed E-state index contributed by atoms with van der Waals surface area (Å²) >= 11 is 6.20. The summed E-state index contributed by atoms with van der Waals surface area (Å²) in [6.45, 7) is 1.70. The van der Waals surface area contributed by atoms with Gasteiger partial charge in [0.15, 0.2) is 18.1 Å². The van der Waals surface area contributed by atoms with Gasteiger partial charge >= 0.3 is 0 Å². The number of piperazine rings is 1. The van der Waals surface area contributed by atoms with Crippen molar-refractivity contribution in [3.8, 4) is 11.5 Å². The van der Waals surface area contributed by atoms with Crippen molar-refractivity contribution in [3.63, 3.8) is 0 Å². The number of anilines is 1. The smallest absolute Gasteiger partial charge is 0.255 e. The third kappa shape index (κ3) is 5.93. The Morgan fingerprint density at radius 1 is 1.15 bits per heavy atom. The number of hydrogen-bond donors (Lipinski definition) is 2. The van der Waals surface area contributed by atoms with Gasteiger partial charge < -0.3 is 25.4 Å². The van der Waals surface area contributed by atoms with Gasteiger partial charge in [0.2, 0.25) is 10.0 Å². The molecule has 0 aliphatic carbocycles. The summed E-state index contributed by atoms with van der Waals surface area (Å²) in [6, 6.07) is 8.79. The second-order valence-corrected chi connectivity index (χ2v) is 9.78. The van der Waals surface area contributed by atoms with Crippen LogP contribution in [0.4, 0.5) is 5.69 Å². The van der Waals surface area contributed by atoms with E-state index < -0.39 is 28.4 Å². The van der Waals surface area contributed by atoms with E-state index in [9.17, 15) is 18.0 Å². The fourth-order valence-corrected chi connectivity index (χ4v) is 4.98. The van der Waals surface area contributed by atoms with Gasteiger partial charge in [-0.05, 0) is 37.4 Å². The summed E-state index contributed by atoms with van der Waals surface area (Å²) in [4.78, 5) is 25.9. The highest BCUT2D eigenvalue weighted by atomic mass is 35.5. The van der Waals surface area contributed by atoms with Crippen molar-refractivity contribution in [1.82, 2.24) is 9.21 Å². The van der Waals surface area contributed by atoms with E-state index in [2.05, 4.69) is 10.2 Å². The molecule has 0 aromatic heterocycles. The summed E-state index contributed by atoms with van der Waals surface area (Å²) in [5.41, 5.74) is 5.54. The average molecular weight is 497 g/mol. The molecular weight excluding hydrogens is 472 g/mol. The van der Waals surface area contributed by atoms with Crippen LogP contribution in [0.25, 0.3) is 0 Å². The van der Waals surface area contributed by atoms with Crippen LogP contribution in [0.15, 0.2) is 41.3 Å². The molecule has 2 amide bonds. The first-order valence-corrected chi connectivity index (χ1v) is 11.8. The number of rotatable bonds is 8. The summed E-state index contributed by atoms with van der Waals surface area (Å²) in [7, 11) is -0.384. The predicted octanol–water partition coefficient (Wildman–Crippen LogP) is 1.40. The zero-order chi connectivity index (χ0) is 24.2. The standard InChI is InChI=1S/C21H25ClN4O6S/c1-25-6-8-26(9-7-25)33(29,30)16-5-3-4-15(12-16)24-21(28)14-10-17(22)20(18(11-14)31-2)32-13-19(23)27/h3-5,10-12H,6-9,13H2,1-2H3,(H2,23,27)(H,24,28). The number of benzene rings is 2. The SMILES string of the molecule is COc1cc(C(=O)Nc2cccc(S(=O)(=O)N3CCN(C)CC3)c2)cc(Cl)c1OCC(N)=O. The van der Waals surface area contributed by atoms with Gasteiger partial charge in [0.1, 0.15) is 0 Å². The Labute approximate surface area is 197 Å². The molecule has 0 atom stereocenters. The normalized spacial score (nSPS) is 15.1. The molecule has 1 aliphatic rings. The summed E-state index contributed by atoms with van der Waals surface area (Å²) in [5, 5.41) is 2.72. The van der Waals surface area contributed by atoms with Gasteiger partial charge in [0, 0.05) is 37.4 Å². The average Bonchev–Trinajstić information content (AvgIpc) is 2.78. The largest absolute Gasteiger partial charge is 0.493 e. The first-order valence-electron chi connectivity index (χ1n) is 10.0. The fourth-order valence-electron chi connectivity index (χ4n) is 3.25. The number of methoxy groups -OCH3 is 1.